The molecule has 0 aromatic heterocycles. The van der Waals surface area contributed by atoms with Crippen molar-refractivity contribution in [3.05, 3.63) is 53.1 Å². The Morgan fingerprint density at radius 2 is 1.63 bits per heavy atom. The highest BCUT2D eigenvalue weighted by Gasteiger charge is 2.34. The quantitative estimate of drug-likeness (QED) is 0.779. The van der Waals surface area contributed by atoms with Crippen LogP contribution in [0.5, 0.6) is 23.0 Å². The maximum absolute atomic E-state index is 12.9. The number of carbonyl (C=O) groups excluding carboxylic acids is 1. The van der Waals surface area contributed by atoms with Gasteiger partial charge in [-0.05, 0) is 41.8 Å². The first-order valence-corrected chi connectivity index (χ1v) is 9.11. The van der Waals surface area contributed by atoms with Crippen molar-refractivity contribution in [1.82, 2.24) is 4.90 Å². The summed E-state index contributed by atoms with van der Waals surface area (Å²) >= 11 is 0. The summed E-state index contributed by atoms with van der Waals surface area (Å²) in [4.78, 5) is 14.8. The molecule has 0 aliphatic carbocycles. The summed E-state index contributed by atoms with van der Waals surface area (Å²) in [5.74, 6) is 3.19. The van der Waals surface area contributed by atoms with Crippen LogP contribution < -0.4 is 18.9 Å². The Morgan fingerprint density at radius 3 is 2.48 bits per heavy atom. The normalized spacial score (nSPS) is 21.6. The van der Waals surface area contributed by atoms with E-state index < -0.39 is 0 Å². The topological polar surface area (TPSA) is 57.2 Å². The highest BCUT2D eigenvalue weighted by Crippen LogP contribution is 2.44. The summed E-state index contributed by atoms with van der Waals surface area (Å²) in [6, 6.07) is 9.97. The van der Waals surface area contributed by atoms with Crippen molar-refractivity contribution in [2.45, 2.75) is 18.8 Å². The zero-order chi connectivity index (χ0) is 18.0. The number of carbonyl (C=O) groups is 1. The Bertz CT molecular complexity index is 1010. The van der Waals surface area contributed by atoms with Gasteiger partial charge in [0, 0.05) is 30.1 Å². The zero-order valence-electron chi connectivity index (χ0n) is 14.6. The summed E-state index contributed by atoms with van der Waals surface area (Å²) < 4.78 is 22.0. The SMILES string of the molecule is O=C1CC(c2ccc3c(c2)OCO3)C=C2c3cc4c(cc3CCN12)OCO4. The van der Waals surface area contributed by atoms with Crippen molar-refractivity contribution >= 4 is 11.6 Å². The maximum Gasteiger partial charge on any atom is 0.231 e. The molecule has 0 saturated heterocycles. The van der Waals surface area contributed by atoms with Crippen LogP contribution in [-0.4, -0.2) is 30.9 Å². The summed E-state index contributed by atoms with van der Waals surface area (Å²) in [6.07, 6.45) is 3.48. The largest absolute Gasteiger partial charge is 0.454 e. The summed E-state index contributed by atoms with van der Waals surface area (Å²) in [6.45, 7) is 1.20. The zero-order valence-corrected chi connectivity index (χ0v) is 14.6. The number of hydrogen-bond acceptors (Lipinski definition) is 5. The van der Waals surface area contributed by atoms with Crippen molar-refractivity contribution < 1.29 is 23.7 Å². The number of amides is 1. The molecule has 2 aromatic rings. The molecule has 6 rings (SSSR count). The molecule has 1 atom stereocenters. The van der Waals surface area contributed by atoms with E-state index >= 15 is 0 Å². The molecule has 6 heteroatoms. The lowest BCUT2D eigenvalue weighted by Gasteiger charge is -2.36. The van der Waals surface area contributed by atoms with Gasteiger partial charge in [0.15, 0.2) is 23.0 Å². The van der Waals surface area contributed by atoms with E-state index in [0.717, 1.165) is 46.2 Å². The van der Waals surface area contributed by atoms with Gasteiger partial charge in [-0.1, -0.05) is 12.1 Å². The van der Waals surface area contributed by atoms with Gasteiger partial charge in [0.25, 0.3) is 0 Å². The lowest BCUT2D eigenvalue weighted by atomic mass is 9.85. The lowest BCUT2D eigenvalue weighted by Crippen LogP contribution is -2.38. The Hall–Kier alpha value is -3.15. The van der Waals surface area contributed by atoms with Gasteiger partial charge < -0.3 is 23.8 Å². The molecule has 4 aliphatic rings. The van der Waals surface area contributed by atoms with Gasteiger partial charge in [-0.15, -0.1) is 0 Å². The number of fused-ring (bicyclic) bond motifs is 5. The standard InChI is InChI=1S/C21H17NO5/c23-21-8-14(12-1-2-17-18(6-12)25-10-24-17)5-16-15-9-20-19(26-11-27-20)7-13(15)3-4-22(16)21/h1-2,5-7,9,14H,3-4,8,10-11H2. The van der Waals surface area contributed by atoms with Gasteiger partial charge in [0.05, 0.1) is 0 Å². The van der Waals surface area contributed by atoms with E-state index in [1.807, 2.05) is 35.2 Å². The second kappa shape index (κ2) is 5.42. The molecule has 1 amide bonds. The van der Waals surface area contributed by atoms with Crippen LogP contribution >= 0.6 is 0 Å². The van der Waals surface area contributed by atoms with Crippen molar-refractivity contribution in [3.63, 3.8) is 0 Å². The molecular formula is C21H17NO5. The average Bonchev–Trinajstić information content (AvgIpc) is 3.34. The highest BCUT2D eigenvalue weighted by atomic mass is 16.7. The predicted molar refractivity (Wildman–Crippen MR) is 95.9 cm³/mol. The van der Waals surface area contributed by atoms with Crippen molar-refractivity contribution in [2.24, 2.45) is 0 Å². The third-order valence-electron chi connectivity index (χ3n) is 5.65. The van der Waals surface area contributed by atoms with Crippen molar-refractivity contribution in [1.29, 1.82) is 0 Å². The van der Waals surface area contributed by atoms with Gasteiger partial charge in [-0.25, -0.2) is 0 Å². The minimum atomic E-state index is 0.00891. The monoisotopic (exact) mass is 363 g/mol. The number of nitrogens with zero attached hydrogens (tertiary/aromatic N) is 1. The van der Waals surface area contributed by atoms with Crippen LogP contribution in [0.4, 0.5) is 0 Å². The van der Waals surface area contributed by atoms with Gasteiger partial charge in [-0.2, -0.15) is 0 Å². The number of hydrogen-bond donors (Lipinski definition) is 0. The van der Waals surface area contributed by atoms with Gasteiger partial charge in [0.1, 0.15) is 0 Å². The third kappa shape index (κ3) is 2.22. The minimum absolute atomic E-state index is 0.00891. The van der Waals surface area contributed by atoms with Crippen molar-refractivity contribution in [2.75, 3.05) is 20.1 Å². The molecule has 1 unspecified atom stereocenters. The summed E-state index contributed by atoms with van der Waals surface area (Å²) in [5, 5.41) is 0. The number of ether oxygens (including phenoxy) is 4. The molecule has 6 nitrogen and oxygen atoms in total. The molecule has 27 heavy (non-hydrogen) atoms. The molecule has 4 heterocycles. The van der Waals surface area contributed by atoms with Gasteiger partial charge >= 0.3 is 0 Å². The number of allylic oxidation sites excluding steroid dienone is 1. The smallest absolute Gasteiger partial charge is 0.231 e. The van der Waals surface area contributed by atoms with Crippen LogP contribution in [0.3, 0.4) is 0 Å². The fourth-order valence-corrected chi connectivity index (χ4v) is 4.27. The Morgan fingerprint density at radius 1 is 0.889 bits per heavy atom. The highest BCUT2D eigenvalue weighted by molar-refractivity contribution is 5.92. The van der Waals surface area contributed by atoms with Crippen LogP contribution in [0.15, 0.2) is 36.4 Å². The van der Waals surface area contributed by atoms with E-state index in [1.54, 1.807) is 0 Å². The second-order valence-electron chi connectivity index (χ2n) is 7.13. The summed E-state index contributed by atoms with van der Waals surface area (Å²) in [5.41, 5.74) is 4.28. The van der Waals surface area contributed by atoms with Crippen LogP contribution in [0.25, 0.3) is 5.70 Å². The van der Waals surface area contributed by atoms with Gasteiger partial charge in [-0.3, -0.25) is 4.79 Å². The first kappa shape index (κ1) is 15.0. The van der Waals surface area contributed by atoms with E-state index in [9.17, 15) is 4.79 Å². The average molecular weight is 363 g/mol. The summed E-state index contributed by atoms with van der Waals surface area (Å²) in [7, 11) is 0. The molecule has 0 fully saturated rings. The first-order valence-electron chi connectivity index (χ1n) is 9.11. The molecule has 4 aliphatic heterocycles. The molecule has 2 aromatic carbocycles. The Kier molecular flexibility index (Phi) is 3.01. The van der Waals surface area contributed by atoms with Crippen LogP contribution in [0, 0.1) is 0 Å². The van der Waals surface area contributed by atoms with Crippen LogP contribution in [0.2, 0.25) is 0 Å². The molecule has 0 spiro atoms. The second-order valence-corrected chi connectivity index (χ2v) is 7.13. The Labute approximate surface area is 155 Å². The van der Waals surface area contributed by atoms with Crippen molar-refractivity contribution in [3.8, 4) is 23.0 Å². The molecule has 0 N–H and O–H groups in total. The van der Waals surface area contributed by atoms with Crippen LogP contribution in [0.1, 0.15) is 29.0 Å². The van der Waals surface area contributed by atoms with E-state index in [2.05, 4.69) is 6.08 Å². The maximum atomic E-state index is 12.9. The molecule has 0 saturated carbocycles. The predicted octanol–water partition coefficient (Wildman–Crippen LogP) is 3.06. The fraction of sp³-hybridized carbons (Fsp3) is 0.286. The fourth-order valence-electron chi connectivity index (χ4n) is 4.27. The Balaban J connectivity index is 1.45. The molecular weight excluding hydrogens is 346 g/mol. The molecule has 0 bridgehead atoms. The van der Waals surface area contributed by atoms with E-state index in [-0.39, 0.29) is 25.4 Å². The third-order valence-corrected chi connectivity index (χ3v) is 5.65. The minimum Gasteiger partial charge on any atom is -0.454 e. The van der Waals surface area contributed by atoms with E-state index in [1.165, 1.54) is 5.56 Å². The number of benzene rings is 2. The molecule has 136 valence electrons. The van der Waals surface area contributed by atoms with Gasteiger partial charge in [0.2, 0.25) is 19.5 Å². The van der Waals surface area contributed by atoms with E-state index in [4.69, 9.17) is 18.9 Å². The number of rotatable bonds is 1. The molecule has 0 radical (unpaired) electrons. The van der Waals surface area contributed by atoms with Crippen LogP contribution in [-0.2, 0) is 11.2 Å². The van der Waals surface area contributed by atoms with E-state index in [0.29, 0.717) is 13.0 Å². The first-order chi connectivity index (χ1) is 13.3. The lowest BCUT2D eigenvalue weighted by molar-refractivity contribution is -0.128.